The van der Waals surface area contributed by atoms with Gasteiger partial charge in [-0.1, -0.05) is 0 Å². The molecule has 0 bridgehead atoms. The van der Waals surface area contributed by atoms with Crippen LogP contribution in [0.5, 0.6) is 0 Å². The molecule has 3 aromatic rings. The van der Waals surface area contributed by atoms with Gasteiger partial charge in [0.1, 0.15) is 29.0 Å². The second-order valence-corrected chi connectivity index (χ2v) is 8.47. The van der Waals surface area contributed by atoms with E-state index in [1.807, 2.05) is 17.5 Å². The predicted octanol–water partition coefficient (Wildman–Crippen LogP) is 4.29. The largest absolute Gasteiger partial charge is 0.456 e. The number of nitrogens with zero attached hydrogens (tertiary/aromatic N) is 2. The van der Waals surface area contributed by atoms with E-state index in [2.05, 4.69) is 0 Å². The number of hydrogen-bond donors (Lipinski definition) is 0. The Morgan fingerprint density at radius 3 is 2.83 bits per heavy atom. The molecule has 2 aliphatic heterocycles. The summed E-state index contributed by atoms with van der Waals surface area (Å²) in [5, 5.41) is 14.0. The van der Waals surface area contributed by atoms with Crippen LogP contribution in [-0.4, -0.2) is 27.1 Å². The number of esters is 1. The highest BCUT2D eigenvalue weighted by atomic mass is 32.2. The molecule has 8 nitrogen and oxygen atoms in total. The second-order valence-electron chi connectivity index (χ2n) is 6.56. The van der Waals surface area contributed by atoms with Crippen LogP contribution in [0.3, 0.4) is 0 Å². The number of fused-ring (bicyclic) bond motifs is 2. The molecule has 1 amide bonds. The van der Waals surface area contributed by atoms with E-state index in [-0.39, 0.29) is 29.3 Å². The summed E-state index contributed by atoms with van der Waals surface area (Å²) in [6.45, 7) is -0.0443. The predicted molar refractivity (Wildman–Crippen MR) is 111 cm³/mol. The van der Waals surface area contributed by atoms with E-state index in [1.165, 1.54) is 40.9 Å². The molecule has 0 spiro atoms. The Kier molecular flexibility index (Phi) is 4.44. The molecule has 4 heterocycles. The highest BCUT2D eigenvalue weighted by molar-refractivity contribution is 8.03. The van der Waals surface area contributed by atoms with Crippen LogP contribution < -0.4 is 0 Å². The normalized spacial score (nSPS) is 19.0. The number of amides is 1. The molecule has 10 heteroatoms. The first-order valence-corrected chi connectivity index (χ1v) is 10.6. The number of furan rings is 1. The minimum absolute atomic E-state index is 0.0373. The molecular formula is C20H12N2O6S2. The fourth-order valence-corrected chi connectivity index (χ4v) is 5.07. The molecule has 1 fully saturated rings. The number of benzene rings is 1. The SMILES string of the molecule is O=C(OCc1ccc([N+](=O)[O-])cc1)C1=CSC2/C(=C\c3cc4sccc4o3)C(=O)N12. The molecule has 1 saturated heterocycles. The summed E-state index contributed by atoms with van der Waals surface area (Å²) in [5.74, 6) is -0.271. The number of hydrogen-bond acceptors (Lipinski definition) is 8. The van der Waals surface area contributed by atoms with Gasteiger partial charge in [-0.3, -0.25) is 19.8 Å². The maximum absolute atomic E-state index is 12.6. The summed E-state index contributed by atoms with van der Waals surface area (Å²) >= 11 is 2.92. The van der Waals surface area contributed by atoms with Gasteiger partial charge < -0.3 is 9.15 Å². The Labute approximate surface area is 177 Å². The van der Waals surface area contributed by atoms with Gasteiger partial charge in [-0.25, -0.2) is 4.79 Å². The van der Waals surface area contributed by atoms with Crippen LogP contribution in [-0.2, 0) is 20.9 Å². The Hall–Kier alpha value is -3.37. The van der Waals surface area contributed by atoms with E-state index >= 15 is 0 Å². The van der Waals surface area contributed by atoms with Crippen LogP contribution in [0.15, 0.2) is 62.9 Å². The molecule has 0 aliphatic carbocycles. The van der Waals surface area contributed by atoms with Crippen LogP contribution in [0.2, 0.25) is 0 Å². The van der Waals surface area contributed by atoms with E-state index in [9.17, 15) is 19.7 Å². The third-order valence-electron chi connectivity index (χ3n) is 4.72. The van der Waals surface area contributed by atoms with Crippen molar-refractivity contribution in [3.63, 3.8) is 0 Å². The Morgan fingerprint density at radius 2 is 2.10 bits per heavy atom. The molecule has 1 unspecified atom stereocenters. The van der Waals surface area contributed by atoms with E-state index in [4.69, 9.17) is 9.15 Å². The first-order chi connectivity index (χ1) is 14.5. The van der Waals surface area contributed by atoms with Gasteiger partial charge >= 0.3 is 5.97 Å². The topological polar surface area (TPSA) is 103 Å². The summed E-state index contributed by atoms with van der Waals surface area (Å²) in [6.07, 6.45) is 1.71. The lowest BCUT2D eigenvalue weighted by molar-refractivity contribution is -0.384. The molecule has 1 atom stereocenters. The van der Waals surface area contributed by atoms with Crippen LogP contribution in [0, 0.1) is 10.1 Å². The molecule has 0 radical (unpaired) electrons. The molecular weight excluding hydrogens is 428 g/mol. The monoisotopic (exact) mass is 440 g/mol. The van der Waals surface area contributed by atoms with Crippen LogP contribution in [0.4, 0.5) is 5.69 Å². The van der Waals surface area contributed by atoms with Crippen molar-refractivity contribution in [2.75, 3.05) is 0 Å². The van der Waals surface area contributed by atoms with Gasteiger partial charge in [0.15, 0.2) is 0 Å². The number of thioether (sulfide) groups is 1. The molecule has 0 N–H and O–H groups in total. The standard InChI is InChI=1S/C20H12N2O6S2/c23-18-14(7-13-8-17-16(28-13)5-6-29-17)19-21(18)15(10-30-19)20(24)27-9-11-1-3-12(4-2-11)22(25)26/h1-8,10,19H,9H2/b14-7-. The second kappa shape index (κ2) is 7.15. The third-order valence-corrected chi connectivity index (χ3v) is 6.64. The molecule has 30 heavy (non-hydrogen) atoms. The van der Waals surface area contributed by atoms with Crippen molar-refractivity contribution in [1.29, 1.82) is 0 Å². The molecule has 1 aromatic carbocycles. The number of non-ortho nitro benzene ring substituents is 1. The first kappa shape index (κ1) is 18.6. The van der Waals surface area contributed by atoms with Crippen molar-refractivity contribution < 1.29 is 23.7 Å². The minimum atomic E-state index is -0.616. The number of carbonyl (C=O) groups excluding carboxylic acids is 2. The fraction of sp³-hybridized carbons (Fsp3) is 0.100. The van der Waals surface area contributed by atoms with Crippen molar-refractivity contribution in [1.82, 2.24) is 4.90 Å². The minimum Gasteiger partial charge on any atom is -0.456 e. The van der Waals surface area contributed by atoms with Crippen molar-refractivity contribution >= 4 is 57.0 Å². The van der Waals surface area contributed by atoms with Crippen molar-refractivity contribution in [2.24, 2.45) is 0 Å². The Morgan fingerprint density at radius 1 is 1.30 bits per heavy atom. The summed E-state index contributed by atoms with van der Waals surface area (Å²) in [4.78, 5) is 36.6. The lowest BCUT2D eigenvalue weighted by atomic mass is 10.0. The van der Waals surface area contributed by atoms with Gasteiger partial charge in [0.2, 0.25) is 0 Å². The maximum Gasteiger partial charge on any atom is 0.355 e. The number of carbonyl (C=O) groups is 2. The lowest BCUT2D eigenvalue weighted by Crippen LogP contribution is -2.51. The third kappa shape index (κ3) is 3.10. The zero-order valence-corrected chi connectivity index (χ0v) is 16.8. The van der Waals surface area contributed by atoms with Gasteiger partial charge in [-0.2, -0.15) is 0 Å². The van der Waals surface area contributed by atoms with E-state index < -0.39 is 10.9 Å². The van der Waals surface area contributed by atoms with Gasteiger partial charge in [0.25, 0.3) is 11.6 Å². The summed E-state index contributed by atoms with van der Waals surface area (Å²) in [5.41, 5.74) is 2.11. The lowest BCUT2D eigenvalue weighted by Gasteiger charge is -2.37. The number of ether oxygens (including phenoxy) is 1. The van der Waals surface area contributed by atoms with E-state index in [1.54, 1.807) is 22.8 Å². The summed E-state index contributed by atoms with van der Waals surface area (Å²) < 4.78 is 12.0. The van der Waals surface area contributed by atoms with Gasteiger partial charge in [-0.15, -0.1) is 23.1 Å². The zero-order chi connectivity index (χ0) is 20.8. The highest BCUT2D eigenvalue weighted by Gasteiger charge is 2.50. The molecule has 2 aliphatic rings. The number of thiophene rings is 1. The van der Waals surface area contributed by atoms with Crippen molar-refractivity contribution in [3.05, 3.63) is 79.9 Å². The first-order valence-electron chi connectivity index (χ1n) is 8.79. The highest BCUT2D eigenvalue weighted by Crippen LogP contribution is 2.45. The number of rotatable bonds is 5. The zero-order valence-electron chi connectivity index (χ0n) is 15.1. The molecule has 0 saturated carbocycles. The smallest absolute Gasteiger partial charge is 0.355 e. The molecule has 2 aromatic heterocycles. The number of nitro benzene ring substituents is 1. The number of nitro groups is 1. The average molecular weight is 440 g/mol. The molecule has 150 valence electrons. The van der Waals surface area contributed by atoms with Crippen molar-refractivity contribution in [2.45, 2.75) is 12.0 Å². The van der Waals surface area contributed by atoms with Gasteiger partial charge in [0, 0.05) is 23.6 Å². The van der Waals surface area contributed by atoms with Gasteiger partial charge in [0.05, 0.1) is 15.2 Å². The quantitative estimate of drug-likeness (QED) is 0.192. The molecule has 5 rings (SSSR count). The van der Waals surface area contributed by atoms with E-state index in [0.717, 1.165) is 10.3 Å². The summed E-state index contributed by atoms with van der Waals surface area (Å²) in [6, 6.07) is 9.50. The van der Waals surface area contributed by atoms with Gasteiger partial charge in [-0.05, 0) is 35.2 Å². The number of β-lactam (4-membered cyclic amide) rings is 1. The Balaban J connectivity index is 1.23. The maximum atomic E-state index is 12.6. The fourth-order valence-electron chi connectivity index (χ4n) is 3.20. The van der Waals surface area contributed by atoms with Crippen LogP contribution in [0.25, 0.3) is 16.4 Å². The Bertz CT molecular complexity index is 1230. The van der Waals surface area contributed by atoms with Crippen molar-refractivity contribution in [3.8, 4) is 0 Å². The van der Waals surface area contributed by atoms with Crippen LogP contribution >= 0.6 is 23.1 Å². The summed E-state index contributed by atoms with van der Waals surface area (Å²) in [7, 11) is 0. The van der Waals surface area contributed by atoms with E-state index in [0.29, 0.717) is 16.9 Å². The van der Waals surface area contributed by atoms with Crippen LogP contribution in [0.1, 0.15) is 11.3 Å². The average Bonchev–Trinajstić information content (AvgIpc) is 3.43.